The lowest BCUT2D eigenvalue weighted by Gasteiger charge is -2.20. The van der Waals surface area contributed by atoms with Gasteiger partial charge in [0.2, 0.25) is 0 Å². The Morgan fingerprint density at radius 1 is 0.400 bits per heavy atom. The highest BCUT2D eigenvalue weighted by Crippen LogP contribution is 2.35. The van der Waals surface area contributed by atoms with E-state index in [0.717, 1.165) is 0 Å². The molecule has 0 aromatic heterocycles. The van der Waals surface area contributed by atoms with E-state index in [4.69, 9.17) is 10.2 Å². The topological polar surface area (TPSA) is 243 Å². The molecule has 30 heavy (non-hydrogen) atoms. The molecule has 0 aliphatic rings. The molecule has 0 rings (SSSR count). The highest BCUT2D eigenvalue weighted by atomic mass is 16.3. The Morgan fingerprint density at radius 3 is 0.867 bits per heavy atom. The van der Waals surface area contributed by atoms with E-state index in [2.05, 4.69) is 0 Å². The van der Waals surface area contributed by atoms with Gasteiger partial charge in [0.05, 0.1) is 0 Å². The van der Waals surface area contributed by atoms with Crippen LogP contribution in [0.3, 0.4) is 0 Å². The first-order valence-corrected chi connectivity index (χ1v) is 8.27. The third-order valence-electron chi connectivity index (χ3n) is 3.53. The maximum atomic E-state index is 10.2. The molecule has 0 bridgehead atoms. The minimum absolute atomic E-state index is 0.640. The Kier molecular flexibility index (Phi) is 11.9. The molecule has 0 unspecified atom stereocenters. The fourth-order valence-corrected chi connectivity index (χ4v) is 2.22. The van der Waals surface area contributed by atoms with Gasteiger partial charge in [-0.25, -0.2) is 0 Å². The Bertz CT molecular complexity index is 717. The normalized spacial score (nSPS) is 16.5. The highest BCUT2D eigenvalue weighted by molar-refractivity contribution is 5.65. The first-order valence-electron chi connectivity index (χ1n) is 8.27. The molecule has 12 heteroatoms. The van der Waals surface area contributed by atoms with E-state index in [1.807, 2.05) is 0 Å². The van der Waals surface area contributed by atoms with E-state index in [9.17, 15) is 51.1 Å². The first-order chi connectivity index (χ1) is 14.1. The molecule has 0 fully saturated rings. The van der Waals surface area contributed by atoms with E-state index in [1.54, 1.807) is 0 Å². The van der Waals surface area contributed by atoms with E-state index >= 15 is 0 Å². The molecule has 0 heterocycles. The zero-order valence-electron chi connectivity index (χ0n) is 15.8. The second-order valence-corrected chi connectivity index (χ2v) is 5.58. The van der Waals surface area contributed by atoms with Crippen molar-refractivity contribution in [2.75, 3.05) is 39.6 Å². The quantitative estimate of drug-likeness (QED) is 0.139. The fourth-order valence-electron chi connectivity index (χ4n) is 2.22. The summed E-state index contributed by atoms with van der Waals surface area (Å²) < 4.78 is 0. The van der Waals surface area contributed by atoms with Gasteiger partial charge in [0.15, 0.2) is 0 Å². The van der Waals surface area contributed by atoms with Crippen LogP contribution in [0, 0.1) is 0 Å². The summed E-state index contributed by atoms with van der Waals surface area (Å²) in [6.07, 6.45) is 1.28. The van der Waals surface area contributed by atoms with Crippen molar-refractivity contribution >= 4 is 0 Å². The summed E-state index contributed by atoms with van der Waals surface area (Å²) in [4.78, 5) is 0. The van der Waals surface area contributed by atoms with E-state index < -0.39 is 96.5 Å². The predicted molar refractivity (Wildman–Crippen MR) is 103 cm³/mol. The molecule has 0 aromatic carbocycles. The molecular formula is C18H26O12. The van der Waals surface area contributed by atoms with Gasteiger partial charge < -0.3 is 61.3 Å². The van der Waals surface area contributed by atoms with Gasteiger partial charge in [0.1, 0.15) is 74.2 Å². The van der Waals surface area contributed by atoms with Gasteiger partial charge in [0.25, 0.3) is 0 Å². The Hall–Kier alpha value is -3.00. The third-order valence-corrected chi connectivity index (χ3v) is 3.53. The maximum absolute atomic E-state index is 10.2. The molecule has 0 aliphatic carbocycles. The lowest BCUT2D eigenvalue weighted by molar-refractivity contribution is 0.237. The fraction of sp³-hybridized carbons (Fsp3) is 0.333. The summed E-state index contributed by atoms with van der Waals surface area (Å²) in [6.45, 7) is -6.43. The van der Waals surface area contributed by atoms with Crippen LogP contribution in [0.1, 0.15) is 0 Å². The van der Waals surface area contributed by atoms with Crippen LogP contribution in [0.25, 0.3) is 0 Å². The lowest BCUT2D eigenvalue weighted by atomic mass is 9.87. The monoisotopic (exact) mass is 434 g/mol. The van der Waals surface area contributed by atoms with E-state index in [-0.39, 0.29) is 0 Å². The number of aliphatic hydroxyl groups is 12. The van der Waals surface area contributed by atoms with Gasteiger partial charge in [0, 0.05) is 22.3 Å². The number of hydrogen-bond acceptors (Lipinski definition) is 12. The summed E-state index contributed by atoms with van der Waals surface area (Å²) in [7, 11) is 0. The zero-order valence-corrected chi connectivity index (χ0v) is 15.8. The molecule has 0 radical (unpaired) electrons. The van der Waals surface area contributed by atoms with Gasteiger partial charge in [-0.15, -0.1) is 0 Å². The summed E-state index contributed by atoms with van der Waals surface area (Å²) in [5.41, 5.74) is -2.89. The Labute approximate surface area is 170 Å². The number of hydrogen-bond donors (Lipinski definition) is 12. The van der Waals surface area contributed by atoms with Gasteiger partial charge in [-0.05, 0) is 12.2 Å². The van der Waals surface area contributed by atoms with Crippen molar-refractivity contribution in [2.45, 2.75) is 0 Å². The molecule has 0 aromatic rings. The van der Waals surface area contributed by atoms with Crippen molar-refractivity contribution in [1.82, 2.24) is 0 Å². The highest BCUT2D eigenvalue weighted by Gasteiger charge is 2.26. The van der Waals surface area contributed by atoms with Gasteiger partial charge in [-0.2, -0.15) is 0 Å². The van der Waals surface area contributed by atoms with Crippen molar-refractivity contribution in [3.05, 3.63) is 69.0 Å². The lowest BCUT2D eigenvalue weighted by Crippen LogP contribution is -2.13. The SMILES string of the molecule is OCC(O)=CC(=C(O)CO)C(=C(O)CO)C(=C(O)CO)C(C=C(O)CO)=C(O)CO. The Morgan fingerprint density at radius 2 is 0.667 bits per heavy atom. The van der Waals surface area contributed by atoms with Gasteiger partial charge >= 0.3 is 0 Å². The average Bonchev–Trinajstić information content (AvgIpc) is 2.77. The van der Waals surface area contributed by atoms with Crippen LogP contribution in [-0.4, -0.2) is 101 Å². The van der Waals surface area contributed by atoms with Crippen molar-refractivity contribution < 1.29 is 61.3 Å². The minimum Gasteiger partial charge on any atom is -0.510 e. The van der Waals surface area contributed by atoms with Crippen LogP contribution in [0.2, 0.25) is 0 Å². The summed E-state index contributed by atoms with van der Waals surface area (Å²) in [5, 5.41) is 115. The summed E-state index contributed by atoms with van der Waals surface area (Å²) in [6, 6.07) is 0. The zero-order chi connectivity index (χ0) is 23.4. The van der Waals surface area contributed by atoms with Crippen LogP contribution in [0.5, 0.6) is 0 Å². The van der Waals surface area contributed by atoms with E-state index in [0.29, 0.717) is 12.2 Å². The summed E-state index contributed by atoms with van der Waals surface area (Å²) in [5.74, 6) is -5.56. The molecule has 0 aliphatic heterocycles. The molecular weight excluding hydrogens is 408 g/mol. The number of aliphatic hydroxyl groups excluding tert-OH is 12. The van der Waals surface area contributed by atoms with Gasteiger partial charge in [-0.1, -0.05) is 0 Å². The van der Waals surface area contributed by atoms with Gasteiger partial charge in [-0.3, -0.25) is 0 Å². The molecule has 170 valence electrons. The molecule has 12 nitrogen and oxygen atoms in total. The summed E-state index contributed by atoms with van der Waals surface area (Å²) >= 11 is 0. The standard InChI is InChI=1S/C18H26O12/c19-3-9(25)1-11(13(27)5-21)17(15(29)7-23)18(16(30)8-24)12(14(28)6-22)2-10(26)4-20/h1-2,19-30H,3-8H2. The molecule has 0 amide bonds. The Balaban J connectivity index is 7.58. The van der Waals surface area contributed by atoms with Crippen LogP contribution < -0.4 is 0 Å². The van der Waals surface area contributed by atoms with Crippen molar-refractivity contribution in [3.63, 3.8) is 0 Å². The molecule has 12 N–H and O–H groups in total. The van der Waals surface area contributed by atoms with Crippen LogP contribution in [0.15, 0.2) is 69.0 Å². The van der Waals surface area contributed by atoms with Crippen molar-refractivity contribution in [1.29, 1.82) is 0 Å². The maximum Gasteiger partial charge on any atom is 0.126 e. The smallest absolute Gasteiger partial charge is 0.126 e. The molecule has 0 saturated carbocycles. The van der Waals surface area contributed by atoms with E-state index in [1.165, 1.54) is 0 Å². The number of rotatable bonds is 11. The van der Waals surface area contributed by atoms with Crippen LogP contribution >= 0.6 is 0 Å². The van der Waals surface area contributed by atoms with Crippen molar-refractivity contribution in [2.24, 2.45) is 0 Å². The van der Waals surface area contributed by atoms with Crippen molar-refractivity contribution in [3.8, 4) is 0 Å². The molecule has 0 atom stereocenters. The average molecular weight is 434 g/mol. The second-order valence-electron chi connectivity index (χ2n) is 5.58. The third kappa shape index (κ3) is 7.11. The first kappa shape index (κ1) is 27.0. The molecule has 0 saturated heterocycles. The van der Waals surface area contributed by atoms with Crippen LogP contribution in [0.4, 0.5) is 0 Å². The second kappa shape index (κ2) is 13.3. The largest absolute Gasteiger partial charge is 0.510 e. The number of allylic oxidation sites excluding steroid dienone is 6. The minimum atomic E-state index is -1.16. The van der Waals surface area contributed by atoms with Crippen LogP contribution in [-0.2, 0) is 0 Å². The predicted octanol–water partition coefficient (Wildman–Crippen LogP) is -0.928. The molecule has 0 spiro atoms.